The fraction of sp³-hybridized carbons (Fsp3) is 0.263. The van der Waals surface area contributed by atoms with Crippen molar-refractivity contribution in [1.82, 2.24) is 40.4 Å². The molecule has 27 heavy (non-hydrogen) atoms. The Hall–Kier alpha value is -3.42. The number of benzene rings is 1. The second kappa shape index (κ2) is 7.45. The van der Waals surface area contributed by atoms with Gasteiger partial charge in [-0.3, -0.25) is 4.98 Å². The van der Waals surface area contributed by atoms with Crippen LogP contribution in [-0.2, 0) is 13.0 Å². The van der Waals surface area contributed by atoms with Crippen molar-refractivity contribution in [2.75, 3.05) is 0 Å². The molecule has 0 saturated carbocycles. The number of nitrogens with zero attached hydrogens (tertiary/aromatic N) is 7. The summed E-state index contributed by atoms with van der Waals surface area (Å²) in [7, 11) is 0. The van der Waals surface area contributed by atoms with Crippen LogP contribution in [0.4, 0.5) is 0 Å². The SMILES string of the molecule is CCCn1nc(C)nc1Cc1ccc(-c2ccncc2-c2nn[nH]n2)cc1. The Morgan fingerprint density at radius 2 is 1.93 bits per heavy atom. The smallest absolute Gasteiger partial charge is 0.206 e. The largest absolute Gasteiger partial charge is 0.264 e. The number of hydrogen-bond donors (Lipinski definition) is 1. The van der Waals surface area contributed by atoms with Crippen molar-refractivity contribution in [1.29, 1.82) is 0 Å². The van der Waals surface area contributed by atoms with Gasteiger partial charge >= 0.3 is 0 Å². The summed E-state index contributed by atoms with van der Waals surface area (Å²) in [6.07, 6.45) is 5.32. The number of tetrazole rings is 1. The predicted molar refractivity (Wildman–Crippen MR) is 101 cm³/mol. The number of hydrogen-bond acceptors (Lipinski definition) is 6. The fourth-order valence-electron chi connectivity index (χ4n) is 3.11. The van der Waals surface area contributed by atoms with Gasteiger partial charge in [-0.15, -0.1) is 10.2 Å². The Kier molecular flexibility index (Phi) is 4.69. The standard InChI is InChI=1S/C19H20N8/c1-3-10-27-18(21-13(2)24-27)11-14-4-6-15(7-5-14)16-8-9-20-12-17(16)19-22-25-26-23-19/h4-9,12H,3,10-11H2,1-2H3,(H,22,23,25,26). The Balaban J connectivity index is 1.61. The molecular formula is C19H20N8. The highest BCUT2D eigenvalue weighted by Crippen LogP contribution is 2.29. The number of aryl methyl sites for hydroxylation is 2. The van der Waals surface area contributed by atoms with E-state index in [9.17, 15) is 0 Å². The Morgan fingerprint density at radius 3 is 2.67 bits per heavy atom. The van der Waals surface area contributed by atoms with E-state index in [1.165, 1.54) is 5.56 Å². The van der Waals surface area contributed by atoms with E-state index in [1.54, 1.807) is 12.4 Å². The molecule has 0 atom stereocenters. The Morgan fingerprint density at radius 1 is 1.07 bits per heavy atom. The number of pyridine rings is 1. The topological polar surface area (TPSA) is 98.1 Å². The van der Waals surface area contributed by atoms with E-state index in [0.717, 1.165) is 47.7 Å². The molecule has 136 valence electrons. The molecule has 0 radical (unpaired) electrons. The number of aromatic nitrogens is 8. The minimum atomic E-state index is 0.533. The van der Waals surface area contributed by atoms with Gasteiger partial charge in [0.25, 0.3) is 0 Å². The van der Waals surface area contributed by atoms with Crippen LogP contribution >= 0.6 is 0 Å². The molecule has 0 unspecified atom stereocenters. The van der Waals surface area contributed by atoms with Crippen molar-refractivity contribution in [2.45, 2.75) is 33.2 Å². The molecule has 0 bridgehead atoms. The summed E-state index contributed by atoms with van der Waals surface area (Å²) >= 11 is 0. The number of nitrogens with one attached hydrogen (secondary N) is 1. The van der Waals surface area contributed by atoms with Crippen LogP contribution in [0, 0.1) is 6.92 Å². The van der Waals surface area contributed by atoms with E-state index in [-0.39, 0.29) is 0 Å². The third-order valence-electron chi connectivity index (χ3n) is 4.32. The first kappa shape index (κ1) is 17.0. The summed E-state index contributed by atoms with van der Waals surface area (Å²) in [6.45, 7) is 4.96. The van der Waals surface area contributed by atoms with Crippen LogP contribution in [0.25, 0.3) is 22.5 Å². The molecule has 0 fully saturated rings. The summed E-state index contributed by atoms with van der Waals surface area (Å²) in [5, 5.41) is 18.7. The molecule has 0 saturated heterocycles. The molecular weight excluding hydrogens is 340 g/mol. The summed E-state index contributed by atoms with van der Waals surface area (Å²) in [5.41, 5.74) is 4.13. The van der Waals surface area contributed by atoms with Crippen molar-refractivity contribution in [3.05, 3.63) is 59.9 Å². The molecule has 1 N–H and O–H groups in total. The molecule has 0 aliphatic carbocycles. The minimum Gasteiger partial charge on any atom is -0.264 e. The summed E-state index contributed by atoms with van der Waals surface area (Å²) in [5.74, 6) is 2.35. The van der Waals surface area contributed by atoms with E-state index < -0.39 is 0 Å². The molecule has 0 spiro atoms. The van der Waals surface area contributed by atoms with Gasteiger partial charge in [0.2, 0.25) is 5.82 Å². The zero-order valence-corrected chi connectivity index (χ0v) is 15.3. The van der Waals surface area contributed by atoms with Crippen LogP contribution in [0.3, 0.4) is 0 Å². The van der Waals surface area contributed by atoms with E-state index in [4.69, 9.17) is 0 Å². The van der Waals surface area contributed by atoms with Crippen LogP contribution in [-0.4, -0.2) is 40.4 Å². The maximum atomic E-state index is 4.57. The highest BCUT2D eigenvalue weighted by Gasteiger charge is 2.12. The van der Waals surface area contributed by atoms with Gasteiger partial charge in [0, 0.05) is 30.9 Å². The molecule has 3 aromatic heterocycles. The summed E-state index contributed by atoms with van der Waals surface area (Å²) in [4.78, 5) is 8.76. The average molecular weight is 360 g/mol. The summed E-state index contributed by atoms with van der Waals surface area (Å²) in [6, 6.07) is 10.4. The van der Waals surface area contributed by atoms with E-state index in [2.05, 4.69) is 66.9 Å². The van der Waals surface area contributed by atoms with Gasteiger partial charge in [0.15, 0.2) is 0 Å². The highest BCUT2D eigenvalue weighted by atomic mass is 15.5. The quantitative estimate of drug-likeness (QED) is 0.568. The fourth-order valence-corrected chi connectivity index (χ4v) is 3.11. The van der Waals surface area contributed by atoms with Crippen LogP contribution in [0.2, 0.25) is 0 Å². The van der Waals surface area contributed by atoms with Crippen molar-refractivity contribution in [2.24, 2.45) is 0 Å². The third kappa shape index (κ3) is 3.59. The van der Waals surface area contributed by atoms with Gasteiger partial charge in [-0.05, 0) is 41.3 Å². The van der Waals surface area contributed by atoms with Crippen molar-refractivity contribution < 1.29 is 0 Å². The van der Waals surface area contributed by atoms with E-state index in [0.29, 0.717) is 5.82 Å². The Labute approximate surface area is 156 Å². The first-order valence-electron chi connectivity index (χ1n) is 8.92. The van der Waals surface area contributed by atoms with Gasteiger partial charge in [-0.2, -0.15) is 10.3 Å². The maximum absolute atomic E-state index is 4.57. The normalized spacial score (nSPS) is 11.0. The van der Waals surface area contributed by atoms with Crippen LogP contribution in [0.5, 0.6) is 0 Å². The number of aromatic amines is 1. The lowest BCUT2D eigenvalue weighted by atomic mass is 9.99. The molecule has 8 nitrogen and oxygen atoms in total. The minimum absolute atomic E-state index is 0.533. The monoisotopic (exact) mass is 360 g/mol. The lowest BCUT2D eigenvalue weighted by molar-refractivity contribution is 0.573. The van der Waals surface area contributed by atoms with Crippen molar-refractivity contribution in [3.8, 4) is 22.5 Å². The van der Waals surface area contributed by atoms with Gasteiger partial charge in [0.05, 0.1) is 0 Å². The zero-order chi connectivity index (χ0) is 18.6. The lowest BCUT2D eigenvalue weighted by Gasteiger charge is -2.08. The van der Waals surface area contributed by atoms with Crippen LogP contribution in [0.1, 0.15) is 30.6 Å². The maximum Gasteiger partial charge on any atom is 0.206 e. The summed E-state index contributed by atoms with van der Waals surface area (Å²) < 4.78 is 2.00. The first-order chi connectivity index (χ1) is 13.2. The van der Waals surface area contributed by atoms with Crippen molar-refractivity contribution in [3.63, 3.8) is 0 Å². The molecule has 3 heterocycles. The lowest BCUT2D eigenvalue weighted by Crippen LogP contribution is -2.06. The second-order valence-electron chi connectivity index (χ2n) is 6.33. The third-order valence-corrected chi connectivity index (χ3v) is 4.32. The second-order valence-corrected chi connectivity index (χ2v) is 6.33. The number of rotatable bonds is 6. The molecule has 0 amide bonds. The van der Waals surface area contributed by atoms with Crippen molar-refractivity contribution >= 4 is 0 Å². The highest BCUT2D eigenvalue weighted by molar-refractivity contribution is 5.79. The van der Waals surface area contributed by atoms with Gasteiger partial charge in [-0.25, -0.2) is 9.67 Å². The Bertz CT molecular complexity index is 1020. The number of H-pyrrole nitrogens is 1. The molecule has 1 aromatic carbocycles. The van der Waals surface area contributed by atoms with E-state index in [1.807, 2.05) is 17.7 Å². The van der Waals surface area contributed by atoms with Gasteiger partial charge in [0.1, 0.15) is 11.6 Å². The molecule has 8 heteroatoms. The molecule has 4 aromatic rings. The van der Waals surface area contributed by atoms with Gasteiger partial charge in [-0.1, -0.05) is 31.2 Å². The van der Waals surface area contributed by atoms with Gasteiger partial charge < -0.3 is 0 Å². The molecule has 0 aliphatic rings. The first-order valence-corrected chi connectivity index (χ1v) is 8.92. The molecule has 4 rings (SSSR count). The average Bonchev–Trinajstić information content (AvgIpc) is 3.33. The molecule has 0 aliphatic heterocycles. The predicted octanol–water partition coefficient (Wildman–Crippen LogP) is 2.83. The van der Waals surface area contributed by atoms with Crippen LogP contribution in [0.15, 0.2) is 42.7 Å². The zero-order valence-electron chi connectivity index (χ0n) is 15.3. The van der Waals surface area contributed by atoms with E-state index >= 15 is 0 Å². The van der Waals surface area contributed by atoms with Crippen LogP contribution < -0.4 is 0 Å².